The lowest BCUT2D eigenvalue weighted by Gasteiger charge is -2.42. The maximum Gasteiger partial charge on any atom is 0.0787 e. The summed E-state index contributed by atoms with van der Waals surface area (Å²) in [6.45, 7) is 10.3. The zero-order chi connectivity index (χ0) is 20.6. The number of hydrogen-bond acceptors (Lipinski definition) is 4. The highest BCUT2D eigenvalue weighted by Gasteiger charge is 2.29. The summed E-state index contributed by atoms with van der Waals surface area (Å²) in [5.41, 5.74) is 8.47. The van der Waals surface area contributed by atoms with Gasteiger partial charge in [0.05, 0.1) is 4.99 Å². The van der Waals surface area contributed by atoms with E-state index in [1.54, 1.807) is 0 Å². The second-order valence-corrected chi connectivity index (χ2v) is 9.44. The average molecular weight is 418 g/mol. The van der Waals surface area contributed by atoms with E-state index in [1.165, 1.54) is 24.0 Å². The Bertz CT molecular complexity index is 639. The fourth-order valence-corrected chi connectivity index (χ4v) is 5.25. The summed E-state index contributed by atoms with van der Waals surface area (Å²) in [7, 11) is 0. The van der Waals surface area contributed by atoms with Gasteiger partial charge in [-0.25, -0.2) is 0 Å². The molecular formula is C24H39N3OS. The van der Waals surface area contributed by atoms with Gasteiger partial charge in [-0.1, -0.05) is 42.0 Å². The summed E-state index contributed by atoms with van der Waals surface area (Å²) < 4.78 is 5.55. The Balaban J connectivity index is 1.66. The van der Waals surface area contributed by atoms with Crippen LogP contribution < -0.4 is 5.73 Å². The smallest absolute Gasteiger partial charge is 0.0787 e. The topological polar surface area (TPSA) is 41.7 Å². The van der Waals surface area contributed by atoms with Crippen molar-refractivity contribution in [3.63, 3.8) is 0 Å². The number of nitrogens with zero attached hydrogens (tertiary/aromatic N) is 2. The second kappa shape index (κ2) is 11.4. The molecule has 0 amide bonds. The lowest BCUT2D eigenvalue weighted by atomic mass is 9.94. The number of likely N-dealkylation sites (tertiary alicyclic amines) is 1. The highest BCUT2D eigenvalue weighted by Crippen LogP contribution is 2.26. The zero-order valence-electron chi connectivity index (χ0n) is 18.3. The Morgan fingerprint density at radius 1 is 1.24 bits per heavy atom. The van der Waals surface area contributed by atoms with Crippen molar-refractivity contribution >= 4 is 17.2 Å². The van der Waals surface area contributed by atoms with Gasteiger partial charge >= 0.3 is 0 Å². The van der Waals surface area contributed by atoms with Gasteiger partial charge in [0.15, 0.2) is 0 Å². The summed E-state index contributed by atoms with van der Waals surface area (Å²) in [5, 5.41) is 0. The predicted molar refractivity (Wildman–Crippen MR) is 125 cm³/mol. The van der Waals surface area contributed by atoms with Crippen molar-refractivity contribution in [3.8, 4) is 0 Å². The van der Waals surface area contributed by atoms with Crippen molar-refractivity contribution in [1.29, 1.82) is 0 Å². The third kappa shape index (κ3) is 6.74. The standard InChI is InChI=1S/C24H39N3OS/c1-19-4-3-5-22(16-19)18-27(24(29)17-21-9-14-28-15-10-21)23-7-12-26(13-8-23)20(2)6-11-25/h3-5,16,20-21,23H,6-15,17-18,25H2,1-2H3. The highest BCUT2D eigenvalue weighted by molar-refractivity contribution is 7.80. The van der Waals surface area contributed by atoms with Gasteiger partial charge in [-0.05, 0) is 64.0 Å². The molecule has 0 radical (unpaired) electrons. The van der Waals surface area contributed by atoms with Crippen LogP contribution >= 0.6 is 12.2 Å². The molecule has 1 atom stereocenters. The molecule has 2 heterocycles. The van der Waals surface area contributed by atoms with Gasteiger partial charge in [-0.2, -0.15) is 0 Å². The number of hydrogen-bond donors (Lipinski definition) is 1. The van der Waals surface area contributed by atoms with Crippen LogP contribution in [0.5, 0.6) is 0 Å². The number of ether oxygens (including phenoxy) is 1. The Hall–Kier alpha value is -1.01. The van der Waals surface area contributed by atoms with Gasteiger partial charge in [-0.3, -0.25) is 0 Å². The first-order valence-corrected chi connectivity index (χ1v) is 11.8. The Kier molecular flexibility index (Phi) is 8.91. The number of rotatable bonds is 8. The molecule has 0 saturated carbocycles. The van der Waals surface area contributed by atoms with Gasteiger partial charge in [-0.15, -0.1) is 0 Å². The van der Waals surface area contributed by atoms with Crippen molar-refractivity contribution in [2.75, 3.05) is 32.8 Å². The largest absolute Gasteiger partial charge is 0.381 e. The second-order valence-electron chi connectivity index (χ2n) is 8.96. The van der Waals surface area contributed by atoms with Crippen LogP contribution in [0, 0.1) is 12.8 Å². The van der Waals surface area contributed by atoms with E-state index in [2.05, 4.69) is 47.9 Å². The molecule has 29 heavy (non-hydrogen) atoms. The summed E-state index contributed by atoms with van der Waals surface area (Å²) in [6, 6.07) is 10.0. The van der Waals surface area contributed by atoms with E-state index in [-0.39, 0.29) is 0 Å². The summed E-state index contributed by atoms with van der Waals surface area (Å²) in [4.78, 5) is 6.33. The van der Waals surface area contributed by atoms with Crippen LogP contribution in [0.25, 0.3) is 0 Å². The number of piperidine rings is 1. The van der Waals surface area contributed by atoms with Gasteiger partial charge in [0.25, 0.3) is 0 Å². The highest BCUT2D eigenvalue weighted by atomic mass is 32.1. The van der Waals surface area contributed by atoms with E-state index in [4.69, 9.17) is 22.7 Å². The molecule has 0 aromatic heterocycles. The van der Waals surface area contributed by atoms with E-state index in [1.807, 2.05) is 0 Å². The average Bonchev–Trinajstić information content (AvgIpc) is 2.73. The summed E-state index contributed by atoms with van der Waals surface area (Å²) in [5.74, 6) is 0.681. The van der Waals surface area contributed by atoms with E-state index < -0.39 is 0 Å². The van der Waals surface area contributed by atoms with Crippen LogP contribution in [-0.2, 0) is 11.3 Å². The number of aryl methyl sites for hydroxylation is 1. The minimum Gasteiger partial charge on any atom is -0.381 e. The van der Waals surface area contributed by atoms with Crippen molar-refractivity contribution in [3.05, 3.63) is 35.4 Å². The van der Waals surface area contributed by atoms with Crippen molar-refractivity contribution in [2.45, 2.75) is 71.0 Å². The Morgan fingerprint density at radius 2 is 1.97 bits per heavy atom. The molecule has 162 valence electrons. The van der Waals surface area contributed by atoms with Crippen molar-refractivity contribution in [1.82, 2.24) is 9.80 Å². The molecule has 5 heteroatoms. The lowest BCUT2D eigenvalue weighted by molar-refractivity contribution is 0.0667. The molecule has 2 saturated heterocycles. The molecule has 1 aromatic carbocycles. The molecule has 1 unspecified atom stereocenters. The maximum absolute atomic E-state index is 6.05. The molecule has 2 N–H and O–H groups in total. The van der Waals surface area contributed by atoms with Gasteiger partial charge in [0.1, 0.15) is 0 Å². The van der Waals surface area contributed by atoms with Gasteiger partial charge in [0.2, 0.25) is 0 Å². The first-order chi connectivity index (χ1) is 14.1. The normalized spacial score (nSPS) is 20.5. The van der Waals surface area contributed by atoms with Crippen LogP contribution in [0.15, 0.2) is 24.3 Å². The van der Waals surface area contributed by atoms with E-state index >= 15 is 0 Å². The minimum atomic E-state index is 0.546. The molecule has 0 aliphatic carbocycles. The minimum absolute atomic E-state index is 0.546. The first kappa shape index (κ1) is 22.7. The fraction of sp³-hybridized carbons (Fsp3) is 0.708. The van der Waals surface area contributed by atoms with Crippen LogP contribution in [0.3, 0.4) is 0 Å². The van der Waals surface area contributed by atoms with E-state index in [9.17, 15) is 0 Å². The van der Waals surface area contributed by atoms with Gasteiger partial charge < -0.3 is 20.3 Å². The molecule has 2 aliphatic rings. The van der Waals surface area contributed by atoms with Crippen LogP contribution in [0.4, 0.5) is 0 Å². The maximum atomic E-state index is 6.05. The fourth-order valence-electron chi connectivity index (χ4n) is 4.80. The third-order valence-electron chi connectivity index (χ3n) is 6.71. The molecule has 3 rings (SSSR count). The van der Waals surface area contributed by atoms with E-state index in [0.717, 1.165) is 70.1 Å². The van der Waals surface area contributed by atoms with Crippen molar-refractivity contribution < 1.29 is 4.74 Å². The SMILES string of the molecule is Cc1cccc(CN(C(=S)CC2CCOCC2)C2CCN(C(C)CCN)CC2)c1. The number of benzene rings is 1. The molecule has 1 aromatic rings. The molecule has 2 aliphatic heterocycles. The molecule has 0 bridgehead atoms. The number of nitrogens with two attached hydrogens (primary N) is 1. The quantitative estimate of drug-likeness (QED) is 0.644. The van der Waals surface area contributed by atoms with E-state index in [0.29, 0.717) is 18.0 Å². The first-order valence-electron chi connectivity index (χ1n) is 11.4. The predicted octanol–water partition coefficient (Wildman–Crippen LogP) is 4.14. The van der Waals surface area contributed by atoms with Crippen LogP contribution in [0.2, 0.25) is 0 Å². The summed E-state index contributed by atoms with van der Waals surface area (Å²) >= 11 is 6.05. The Labute approximate surface area is 182 Å². The van der Waals surface area contributed by atoms with Crippen LogP contribution in [-0.4, -0.2) is 59.7 Å². The monoisotopic (exact) mass is 417 g/mol. The molecule has 0 spiro atoms. The molecular weight excluding hydrogens is 378 g/mol. The number of thiocarbonyl (C=S) groups is 1. The van der Waals surface area contributed by atoms with Crippen molar-refractivity contribution in [2.24, 2.45) is 11.7 Å². The zero-order valence-corrected chi connectivity index (χ0v) is 19.1. The van der Waals surface area contributed by atoms with Gasteiger partial charge in [0, 0.05) is 51.4 Å². The Morgan fingerprint density at radius 3 is 2.62 bits per heavy atom. The third-order valence-corrected chi connectivity index (χ3v) is 7.11. The molecule has 2 fully saturated rings. The summed E-state index contributed by atoms with van der Waals surface area (Å²) in [6.07, 6.45) is 6.79. The lowest BCUT2D eigenvalue weighted by Crippen LogP contribution is -2.49. The van der Waals surface area contributed by atoms with Crippen LogP contribution in [0.1, 0.15) is 56.6 Å². The molecule has 4 nitrogen and oxygen atoms in total.